The molecule has 2 aromatic carbocycles. The van der Waals surface area contributed by atoms with E-state index in [9.17, 15) is 9.59 Å². The molecule has 0 aliphatic carbocycles. The highest BCUT2D eigenvalue weighted by molar-refractivity contribution is 5.96. The van der Waals surface area contributed by atoms with Crippen LogP contribution in [0, 0.1) is 12.3 Å². The number of hydrogen-bond donors (Lipinski definition) is 2. The molecule has 0 bridgehead atoms. The summed E-state index contributed by atoms with van der Waals surface area (Å²) < 4.78 is 8.34. The number of rotatable bonds is 7. The van der Waals surface area contributed by atoms with Crippen molar-refractivity contribution in [2.45, 2.75) is 26.4 Å². The summed E-state index contributed by atoms with van der Waals surface area (Å²) in [6.07, 6.45) is 2.29. The average Bonchev–Trinajstić information content (AvgIpc) is 2.92. The van der Waals surface area contributed by atoms with Crippen LogP contribution < -0.4 is 21.1 Å². The van der Waals surface area contributed by atoms with Crippen LogP contribution in [0.25, 0.3) is 16.7 Å². The Bertz CT molecular complexity index is 1720. The molecule has 5 aromatic rings. The molecule has 0 radical (unpaired) electrons. The molecule has 0 atom stereocenters. The molecule has 0 aliphatic rings. The third-order valence-electron chi connectivity index (χ3n) is 6.46. The minimum Gasteiger partial charge on any atom is -0.497 e. The van der Waals surface area contributed by atoms with Crippen LogP contribution in [0.15, 0.2) is 83.8 Å². The van der Waals surface area contributed by atoms with Crippen LogP contribution in [0.2, 0.25) is 0 Å². The first kappa shape index (κ1) is 24.0. The molecule has 186 valence electrons. The van der Waals surface area contributed by atoms with Gasteiger partial charge >= 0.3 is 0 Å². The summed E-state index contributed by atoms with van der Waals surface area (Å²) in [5.41, 5.74) is 3.62. The molecule has 3 heterocycles. The number of aryl methyl sites for hydroxylation is 3. The first-order valence-corrected chi connectivity index (χ1v) is 12.0. The minimum atomic E-state index is -0.426. The molecule has 37 heavy (non-hydrogen) atoms. The predicted octanol–water partition coefficient (Wildman–Crippen LogP) is 3.62. The first-order chi connectivity index (χ1) is 18.0. The van der Waals surface area contributed by atoms with Gasteiger partial charge < -0.3 is 14.6 Å². The van der Waals surface area contributed by atoms with Crippen LogP contribution in [0.3, 0.4) is 0 Å². The van der Waals surface area contributed by atoms with Gasteiger partial charge in [0.1, 0.15) is 22.5 Å². The monoisotopic (exact) mass is 493 g/mol. The van der Waals surface area contributed by atoms with Gasteiger partial charge in [-0.3, -0.25) is 19.4 Å². The molecule has 0 spiro atoms. The number of nitrogens with zero attached hydrogens (tertiary/aromatic N) is 3. The number of carbonyl (C=O) groups excluding carboxylic acids is 1. The number of hydrogen-bond acceptors (Lipinski definition) is 5. The van der Waals surface area contributed by atoms with E-state index in [-0.39, 0.29) is 23.2 Å². The quantitative estimate of drug-likeness (QED) is 0.338. The van der Waals surface area contributed by atoms with Gasteiger partial charge in [0.15, 0.2) is 0 Å². The van der Waals surface area contributed by atoms with Crippen LogP contribution in [0.5, 0.6) is 5.75 Å². The Morgan fingerprint density at radius 3 is 2.49 bits per heavy atom. The number of ether oxygens (including phenoxy) is 1. The summed E-state index contributed by atoms with van der Waals surface area (Å²) in [6, 6.07) is 22.5. The SMILES string of the molecule is COc1ccc(CNC(=O)c2cc3c(=O)n4cccc(C)c4nc3n(CCc3ccccc3)c2=N)cc1. The van der Waals surface area contributed by atoms with E-state index in [1.54, 1.807) is 23.9 Å². The number of benzene rings is 2. The van der Waals surface area contributed by atoms with Gasteiger partial charge in [0.05, 0.1) is 18.1 Å². The molecule has 1 amide bonds. The van der Waals surface area contributed by atoms with Crippen molar-refractivity contribution in [3.63, 3.8) is 0 Å². The van der Waals surface area contributed by atoms with E-state index < -0.39 is 5.91 Å². The van der Waals surface area contributed by atoms with Crippen molar-refractivity contribution in [1.29, 1.82) is 5.41 Å². The zero-order valence-corrected chi connectivity index (χ0v) is 20.7. The largest absolute Gasteiger partial charge is 0.497 e. The number of nitrogens with one attached hydrogen (secondary N) is 2. The van der Waals surface area contributed by atoms with E-state index in [1.807, 2.05) is 67.6 Å². The Kier molecular flexibility index (Phi) is 6.55. The summed E-state index contributed by atoms with van der Waals surface area (Å²) in [5.74, 6) is 0.304. The first-order valence-electron chi connectivity index (χ1n) is 12.0. The lowest BCUT2D eigenvalue weighted by Gasteiger charge is -2.15. The number of fused-ring (bicyclic) bond motifs is 2. The van der Waals surface area contributed by atoms with Crippen LogP contribution in [-0.2, 0) is 19.5 Å². The lowest BCUT2D eigenvalue weighted by atomic mass is 10.1. The second kappa shape index (κ2) is 10.1. The summed E-state index contributed by atoms with van der Waals surface area (Å²) in [6.45, 7) is 2.57. The Hall–Kier alpha value is -4.72. The van der Waals surface area contributed by atoms with E-state index in [0.717, 1.165) is 22.4 Å². The molecule has 0 fully saturated rings. The molecule has 3 aromatic heterocycles. The van der Waals surface area contributed by atoms with Crippen molar-refractivity contribution in [1.82, 2.24) is 19.3 Å². The Balaban J connectivity index is 1.59. The summed E-state index contributed by atoms with van der Waals surface area (Å²) in [7, 11) is 1.60. The Labute approximate surface area is 213 Å². The maximum Gasteiger partial charge on any atom is 0.267 e. The normalized spacial score (nSPS) is 11.1. The van der Waals surface area contributed by atoms with E-state index in [0.29, 0.717) is 29.6 Å². The molecule has 5 rings (SSSR count). The van der Waals surface area contributed by atoms with Crippen molar-refractivity contribution in [3.8, 4) is 5.75 Å². The van der Waals surface area contributed by atoms with Crippen molar-refractivity contribution in [3.05, 3.63) is 117 Å². The molecule has 0 saturated carbocycles. The van der Waals surface area contributed by atoms with Crippen LogP contribution >= 0.6 is 0 Å². The third-order valence-corrected chi connectivity index (χ3v) is 6.46. The standard InChI is InChI=1S/C29H27N5O3/c1-19-7-6-15-34-26(19)32-27-24(29(34)36)17-23(25(30)33(27)16-14-20-8-4-3-5-9-20)28(35)31-18-21-10-12-22(37-2)13-11-21/h3-13,15,17,30H,14,16,18H2,1-2H3,(H,31,35). The highest BCUT2D eigenvalue weighted by Crippen LogP contribution is 2.15. The topological polar surface area (TPSA) is 101 Å². The van der Waals surface area contributed by atoms with Crippen molar-refractivity contribution in [2.75, 3.05) is 7.11 Å². The molecule has 0 saturated heterocycles. The number of methoxy groups -OCH3 is 1. The zero-order valence-electron chi connectivity index (χ0n) is 20.7. The molecular weight excluding hydrogens is 466 g/mol. The fourth-order valence-electron chi connectivity index (χ4n) is 4.39. The summed E-state index contributed by atoms with van der Waals surface area (Å²) >= 11 is 0. The lowest BCUT2D eigenvalue weighted by molar-refractivity contribution is 0.0948. The lowest BCUT2D eigenvalue weighted by Crippen LogP contribution is -2.35. The second-order valence-corrected chi connectivity index (χ2v) is 8.86. The van der Waals surface area contributed by atoms with E-state index in [4.69, 9.17) is 15.1 Å². The van der Waals surface area contributed by atoms with Gasteiger partial charge in [-0.25, -0.2) is 4.98 Å². The highest BCUT2D eigenvalue weighted by atomic mass is 16.5. The zero-order chi connectivity index (χ0) is 25.9. The molecule has 8 heteroatoms. The molecule has 0 aliphatic heterocycles. The van der Waals surface area contributed by atoms with Crippen LogP contribution in [0.1, 0.15) is 27.0 Å². The highest BCUT2D eigenvalue weighted by Gasteiger charge is 2.18. The molecule has 2 N–H and O–H groups in total. The van der Waals surface area contributed by atoms with Crippen molar-refractivity contribution < 1.29 is 9.53 Å². The van der Waals surface area contributed by atoms with E-state index >= 15 is 0 Å². The summed E-state index contributed by atoms with van der Waals surface area (Å²) in [5, 5.41) is 12.1. The molecular formula is C29H27N5O3. The van der Waals surface area contributed by atoms with Gasteiger partial charge in [-0.2, -0.15) is 0 Å². The summed E-state index contributed by atoms with van der Waals surface area (Å²) in [4.78, 5) is 31.5. The van der Waals surface area contributed by atoms with Gasteiger partial charge in [-0.15, -0.1) is 0 Å². The number of pyridine rings is 2. The molecule has 0 unspecified atom stereocenters. The fourth-order valence-corrected chi connectivity index (χ4v) is 4.39. The number of amides is 1. The van der Waals surface area contributed by atoms with Gasteiger partial charge in [0.25, 0.3) is 11.5 Å². The van der Waals surface area contributed by atoms with E-state index in [1.165, 1.54) is 10.5 Å². The maximum absolute atomic E-state index is 13.5. The van der Waals surface area contributed by atoms with Crippen LogP contribution in [0.4, 0.5) is 0 Å². The second-order valence-electron chi connectivity index (χ2n) is 8.86. The average molecular weight is 494 g/mol. The minimum absolute atomic E-state index is 0.0143. The fraction of sp³-hybridized carbons (Fsp3) is 0.172. The van der Waals surface area contributed by atoms with E-state index in [2.05, 4.69) is 5.32 Å². The third kappa shape index (κ3) is 4.73. The smallest absolute Gasteiger partial charge is 0.267 e. The number of carbonyl (C=O) groups is 1. The number of aromatic nitrogens is 3. The van der Waals surface area contributed by atoms with Crippen LogP contribution in [-0.4, -0.2) is 27.0 Å². The van der Waals surface area contributed by atoms with Gasteiger partial charge in [-0.05, 0) is 54.3 Å². The Morgan fingerprint density at radius 2 is 1.76 bits per heavy atom. The maximum atomic E-state index is 13.5. The van der Waals surface area contributed by atoms with Gasteiger partial charge in [-0.1, -0.05) is 48.5 Å². The van der Waals surface area contributed by atoms with Crippen molar-refractivity contribution >= 4 is 22.6 Å². The predicted molar refractivity (Wildman–Crippen MR) is 142 cm³/mol. The van der Waals surface area contributed by atoms with Gasteiger partial charge in [0.2, 0.25) is 0 Å². The van der Waals surface area contributed by atoms with Crippen molar-refractivity contribution in [2.24, 2.45) is 0 Å². The molecule has 8 nitrogen and oxygen atoms in total. The van der Waals surface area contributed by atoms with Gasteiger partial charge in [0, 0.05) is 19.3 Å². The Morgan fingerprint density at radius 1 is 1.00 bits per heavy atom.